The SMILES string of the molecule is Cn1ncnc1Nc1nccc(CNC(C)(C)C)c1F. The Morgan fingerprint density at radius 2 is 2.05 bits per heavy atom. The van der Waals surface area contributed by atoms with Crippen molar-refractivity contribution >= 4 is 11.8 Å². The number of pyridine rings is 1. The van der Waals surface area contributed by atoms with E-state index in [2.05, 4.69) is 25.7 Å². The zero-order valence-electron chi connectivity index (χ0n) is 12.1. The maximum absolute atomic E-state index is 14.3. The molecule has 0 aliphatic heterocycles. The second-order valence-electron chi connectivity index (χ2n) is 5.57. The molecule has 0 amide bonds. The fraction of sp³-hybridized carbons (Fsp3) is 0.462. The summed E-state index contributed by atoms with van der Waals surface area (Å²) in [5.74, 6) is 0.207. The summed E-state index contributed by atoms with van der Waals surface area (Å²) in [7, 11) is 1.72. The van der Waals surface area contributed by atoms with Crippen molar-refractivity contribution in [3.63, 3.8) is 0 Å². The number of hydrogen-bond donors (Lipinski definition) is 2. The van der Waals surface area contributed by atoms with Gasteiger partial charge in [0.25, 0.3) is 0 Å². The summed E-state index contributed by atoms with van der Waals surface area (Å²) in [6, 6.07) is 1.66. The number of halogens is 1. The third kappa shape index (κ3) is 3.51. The van der Waals surface area contributed by atoms with Gasteiger partial charge in [0.15, 0.2) is 11.6 Å². The smallest absolute Gasteiger partial charge is 0.226 e. The van der Waals surface area contributed by atoms with Crippen molar-refractivity contribution in [3.05, 3.63) is 30.0 Å². The van der Waals surface area contributed by atoms with E-state index < -0.39 is 0 Å². The summed E-state index contributed by atoms with van der Waals surface area (Å²) in [6.45, 7) is 6.53. The van der Waals surface area contributed by atoms with Crippen LogP contribution in [0.2, 0.25) is 0 Å². The topological polar surface area (TPSA) is 67.7 Å². The van der Waals surface area contributed by atoms with E-state index in [1.165, 1.54) is 11.0 Å². The molecule has 0 aliphatic rings. The van der Waals surface area contributed by atoms with Gasteiger partial charge >= 0.3 is 0 Å². The molecule has 7 heteroatoms. The quantitative estimate of drug-likeness (QED) is 0.895. The molecule has 0 aliphatic carbocycles. The van der Waals surface area contributed by atoms with Crippen molar-refractivity contribution in [2.45, 2.75) is 32.9 Å². The van der Waals surface area contributed by atoms with Gasteiger partial charge < -0.3 is 10.6 Å². The Morgan fingerprint density at radius 3 is 2.65 bits per heavy atom. The average molecular weight is 278 g/mol. The summed E-state index contributed by atoms with van der Waals surface area (Å²) in [6.07, 6.45) is 2.96. The highest BCUT2D eigenvalue weighted by molar-refractivity contribution is 5.49. The van der Waals surface area contributed by atoms with Gasteiger partial charge in [-0.15, -0.1) is 0 Å². The third-order valence-electron chi connectivity index (χ3n) is 2.72. The zero-order chi connectivity index (χ0) is 14.8. The zero-order valence-corrected chi connectivity index (χ0v) is 12.1. The normalized spacial score (nSPS) is 11.7. The molecule has 0 saturated carbocycles. The molecule has 2 aromatic heterocycles. The number of anilines is 2. The molecule has 2 rings (SSSR count). The van der Waals surface area contributed by atoms with Gasteiger partial charge in [-0.2, -0.15) is 10.1 Å². The average Bonchev–Trinajstić information content (AvgIpc) is 2.75. The first-order chi connectivity index (χ1) is 9.37. The molecule has 0 bridgehead atoms. The Balaban J connectivity index is 2.17. The van der Waals surface area contributed by atoms with E-state index in [-0.39, 0.29) is 17.2 Å². The molecule has 108 valence electrons. The minimum absolute atomic E-state index is 0.0765. The van der Waals surface area contributed by atoms with E-state index in [1.807, 2.05) is 20.8 Å². The second-order valence-corrected chi connectivity index (χ2v) is 5.57. The molecular formula is C13H19FN6. The Hall–Kier alpha value is -2.02. The lowest BCUT2D eigenvalue weighted by atomic mass is 10.1. The van der Waals surface area contributed by atoms with E-state index in [0.29, 0.717) is 18.1 Å². The fourth-order valence-electron chi connectivity index (χ4n) is 1.58. The standard InChI is InChI=1S/C13H19FN6/c1-13(2,3)17-7-9-5-6-15-11(10(9)14)19-12-16-8-18-20(12)4/h5-6,8,17H,7H2,1-4H3,(H,15,16,18,19). The lowest BCUT2D eigenvalue weighted by Crippen LogP contribution is -2.35. The van der Waals surface area contributed by atoms with E-state index in [4.69, 9.17) is 0 Å². The van der Waals surface area contributed by atoms with Crippen LogP contribution in [0.1, 0.15) is 26.3 Å². The van der Waals surface area contributed by atoms with Crippen LogP contribution in [0.5, 0.6) is 0 Å². The lowest BCUT2D eigenvalue weighted by molar-refractivity contribution is 0.418. The number of hydrogen-bond acceptors (Lipinski definition) is 5. The molecule has 0 radical (unpaired) electrons. The monoisotopic (exact) mass is 278 g/mol. The first-order valence-electron chi connectivity index (χ1n) is 6.36. The van der Waals surface area contributed by atoms with E-state index >= 15 is 0 Å². The summed E-state index contributed by atoms with van der Waals surface area (Å²) < 4.78 is 15.9. The maximum Gasteiger partial charge on any atom is 0.226 e. The van der Waals surface area contributed by atoms with Crippen molar-refractivity contribution in [1.29, 1.82) is 0 Å². The van der Waals surface area contributed by atoms with Gasteiger partial charge in [0, 0.05) is 30.9 Å². The molecule has 2 aromatic rings. The predicted octanol–water partition coefficient (Wildman–Crippen LogP) is 1.98. The molecule has 0 aromatic carbocycles. The van der Waals surface area contributed by atoms with Crippen LogP contribution in [-0.2, 0) is 13.6 Å². The van der Waals surface area contributed by atoms with Crippen LogP contribution in [0.3, 0.4) is 0 Å². The highest BCUT2D eigenvalue weighted by Crippen LogP contribution is 2.18. The Kier molecular flexibility index (Phi) is 3.99. The summed E-state index contributed by atoms with van der Waals surface area (Å²) >= 11 is 0. The van der Waals surface area contributed by atoms with E-state index in [1.54, 1.807) is 19.3 Å². The molecule has 0 atom stereocenters. The number of aromatic nitrogens is 4. The number of rotatable bonds is 4. The van der Waals surface area contributed by atoms with Gasteiger partial charge in [0.05, 0.1) is 0 Å². The van der Waals surface area contributed by atoms with Crippen LogP contribution >= 0.6 is 0 Å². The van der Waals surface area contributed by atoms with Gasteiger partial charge in [0.2, 0.25) is 5.95 Å². The summed E-state index contributed by atoms with van der Waals surface area (Å²) in [5, 5.41) is 10.00. The van der Waals surface area contributed by atoms with Crippen LogP contribution in [-0.4, -0.2) is 25.3 Å². The predicted molar refractivity (Wildman–Crippen MR) is 75.1 cm³/mol. The summed E-state index contributed by atoms with van der Waals surface area (Å²) in [4.78, 5) is 7.99. The van der Waals surface area contributed by atoms with Crippen LogP contribution in [0, 0.1) is 5.82 Å². The van der Waals surface area contributed by atoms with Crippen LogP contribution in [0.25, 0.3) is 0 Å². The van der Waals surface area contributed by atoms with Gasteiger partial charge in [0.1, 0.15) is 6.33 Å². The van der Waals surface area contributed by atoms with Gasteiger partial charge in [-0.3, -0.25) is 0 Å². The van der Waals surface area contributed by atoms with Crippen molar-refractivity contribution < 1.29 is 4.39 Å². The molecule has 20 heavy (non-hydrogen) atoms. The first-order valence-corrected chi connectivity index (χ1v) is 6.36. The van der Waals surface area contributed by atoms with Crippen molar-refractivity contribution in [2.24, 2.45) is 7.05 Å². The third-order valence-corrected chi connectivity index (χ3v) is 2.72. The Labute approximate surface area is 117 Å². The van der Waals surface area contributed by atoms with Gasteiger partial charge in [-0.05, 0) is 26.8 Å². The lowest BCUT2D eigenvalue weighted by Gasteiger charge is -2.21. The summed E-state index contributed by atoms with van der Waals surface area (Å²) in [5.41, 5.74) is 0.479. The number of nitrogens with zero attached hydrogens (tertiary/aromatic N) is 4. The van der Waals surface area contributed by atoms with Gasteiger partial charge in [-0.1, -0.05) is 0 Å². The van der Waals surface area contributed by atoms with Crippen LogP contribution in [0.15, 0.2) is 18.6 Å². The van der Waals surface area contributed by atoms with E-state index in [0.717, 1.165) is 0 Å². The van der Waals surface area contributed by atoms with E-state index in [9.17, 15) is 4.39 Å². The second kappa shape index (κ2) is 5.54. The van der Waals surface area contributed by atoms with Crippen molar-refractivity contribution in [3.8, 4) is 0 Å². The molecule has 2 N–H and O–H groups in total. The first kappa shape index (κ1) is 14.4. The van der Waals surface area contributed by atoms with Crippen LogP contribution in [0.4, 0.5) is 16.2 Å². The van der Waals surface area contributed by atoms with Crippen molar-refractivity contribution in [2.75, 3.05) is 5.32 Å². The highest BCUT2D eigenvalue weighted by Gasteiger charge is 2.14. The Bertz CT molecular complexity index is 587. The minimum Gasteiger partial charge on any atom is -0.308 e. The Morgan fingerprint density at radius 1 is 1.30 bits per heavy atom. The van der Waals surface area contributed by atoms with Gasteiger partial charge in [-0.25, -0.2) is 14.1 Å². The highest BCUT2D eigenvalue weighted by atomic mass is 19.1. The molecule has 0 fully saturated rings. The largest absolute Gasteiger partial charge is 0.308 e. The molecular weight excluding hydrogens is 259 g/mol. The molecule has 0 saturated heterocycles. The molecule has 2 heterocycles. The minimum atomic E-state index is -0.382. The molecule has 0 spiro atoms. The molecule has 0 unspecified atom stereocenters. The van der Waals surface area contributed by atoms with Crippen molar-refractivity contribution in [1.82, 2.24) is 25.1 Å². The number of aryl methyl sites for hydroxylation is 1. The van der Waals surface area contributed by atoms with Crippen LogP contribution < -0.4 is 10.6 Å². The molecule has 6 nitrogen and oxygen atoms in total. The number of nitrogens with one attached hydrogen (secondary N) is 2. The maximum atomic E-state index is 14.3. The fourth-order valence-corrected chi connectivity index (χ4v) is 1.58.